The van der Waals surface area contributed by atoms with E-state index in [0.717, 1.165) is 23.0 Å². The molecule has 1 heterocycles. The average Bonchev–Trinajstić information content (AvgIpc) is 2.42. The summed E-state index contributed by atoms with van der Waals surface area (Å²) in [4.78, 5) is 4.17. The molecule has 1 atom stereocenters. The maximum atomic E-state index is 9.24. The number of halogens is 1. The Morgan fingerprint density at radius 1 is 1.17 bits per heavy atom. The number of benzene rings is 1. The Balaban J connectivity index is 2.02. The molecule has 0 spiro atoms. The van der Waals surface area contributed by atoms with Crippen molar-refractivity contribution in [3.8, 4) is 6.07 Å². The van der Waals surface area contributed by atoms with Crippen LogP contribution in [0.1, 0.15) is 23.5 Å². The van der Waals surface area contributed by atoms with Crippen LogP contribution in [0.2, 0.25) is 0 Å². The van der Waals surface area contributed by atoms with E-state index in [9.17, 15) is 5.26 Å². The molecule has 0 radical (unpaired) electrons. The highest BCUT2D eigenvalue weighted by molar-refractivity contribution is 9.10. The van der Waals surface area contributed by atoms with Crippen molar-refractivity contribution in [2.75, 3.05) is 0 Å². The number of hydrogen-bond donors (Lipinski definition) is 0. The van der Waals surface area contributed by atoms with Crippen molar-refractivity contribution in [3.05, 3.63) is 64.4 Å². The summed E-state index contributed by atoms with van der Waals surface area (Å²) < 4.78 is 0.797. The number of pyridine rings is 1. The molecule has 3 heteroatoms. The van der Waals surface area contributed by atoms with Crippen LogP contribution in [0.15, 0.2) is 53.3 Å². The fraction of sp³-hybridized carbons (Fsp3) is 0.200. The lowest BCUT2D eigenvalue weighted by atomic mass is 9.95. The quantitative estimate of drug-likeness (QED) is 0.798. The van der Waals surface area contributed by atoms with Crippen LogP contribution in [-0.2, 0) is 6.42 Å². The molecule has 1 aromatic carbocycles. The largest absolute Gasteiger partial charge is 0.249 e. The molecular formula is C15H13BrN2. The Bertz CT molecular complexity index is 529. The lowest BCUT2D eigenvalue weighted by molar-refractivity contribution is 0.742. The van der Waals surface area contributed by atoms with Gasteiger partial charge in [0.15, 0.2) is 0 Å². The Morgan fingerprint density at radius 3 is 2.56 bits per heavy atom. The zero-order valence-corrected chi connectivity index (χ0v) is 11.5. The van der Waals surface area contributed by atoms with Crippen molar-refractivity contribution >= 4 is 15.9 Å². The van der Waals surface area contributed by atoms with Crippen LogP contribution in [0.3, 0.4) is 0 Å². The maximum Gasteiger partial charge on any atom is 0.106 e. The molecule has 90 valence electrons. The van der Waals surface area contributed by atoms with Crippen molar-refractivity contribution in [2.24, 2.45) is 0 Å². The second kappa shape index (κ2) is 6.32. The average molecular weight is 301 g/mol. The van der Waals surface area contributed by atoms with Gasteiger partial charge in [-0.05, 0) is 46.0 Å². The van der Waals surface area contributed by atoms with Crippen molar-refractivity contribution in [1.82, 2.24) is 4.98 Å². The Labute approximate surface area is 115 Å². The number of aryl methyl sites for hydroxylation is 1. The summed E-state index contributed by atoms with van der Waals surface area (Å²) in [5.41, 5.74) is 2.25. The summed E-state index contributed by atoms with van der Waals surface area (Å²) in [6.07, 6.45) is 3.50. The lowest BCUT2D eigenvalue weighted by Crippen LogP contribution is -1.99. The number of rotatable bonds is 4. The van der Waals surface area contributed by atoms with E-state index in [-0.39, 0.29) is 5.92 Å². The Morgan fingerprint density at radius 2 is 1.94 bits per heavy atom. The summed E-state index contributed by atoms with van der Waals surface area (Å²) in [5.74, 6) is -0.0918. The van der Waals surface area contributed by atoms with Crippen molar-refractivity contribution < 1.29 is 0 Å². The first kappa shape index (κ1) is 12.8. The van der Waals surface area contributed by atoms with Gasteiger partial charge in [-0.15, -0.1) is 0 Å². The minimum atomic E-state index is -0.0918. The summed E-state index contributed by atoms with van der Waals surface area (Å²) >= 11 is 3.30. The second-order valence-corrected chi connectivity index (χ2v) is 4.93. The zero-order valence-electron chi connectivity index (χ0n) is 9.88. The third-order valence-corrected chi connectivity index (χ3v) is 3.34. The predicted octanol–water partition coefficient (Wildman–Crippen LogP) is 4.08. The SMILES string of the molecule is N#C[C@@H](CCc1ccccc1)c1ccc(Br)nc1. The monoisotopic (exact) mass is 300 g/mol. The Hall–Kier alpha value is -1.66. The highest BCUT2D eigenvalue weighted by atomic mass is 79.9. The first-order valence-corrected chi connectivity index (χ1v) is 6.64. The molecule has 1 aromatic heterocycles. The predicted molar refractivity (Wildman–Crippen MR) is 75.1 cm³/mol. The van der Waals surface area contributed by atoms with E-state index in [1.807, 2.05) is 30.3 Å². The van der Waals surface area contributed by atoms with Gasteiger partial charge < -0.3 is 0 Å². The molecule has 2 aromatic rings. The molecule has 0 aliphatic rings. The maximum absolute atomic E-state index is 9.24. The smallest absolute Gasteiger partial charge is 0.106 e. The van der Waals surface area contributed by atoms with Gasteiger partial charge in [0, 0.05) is 6.20 Å². The molecule has 0 saturated heterocycles. The van der Waals surface area contributed by atoms with E-state index in [1.54, 1.807) is 6.20 Å². The normalized spacial score (nSPS) is 11.8. The Kier molecular flexibility index (Phi) is 4.49. The van der Waals surface area contributed by atoms with Crippen LogP contribution in [0.4, 0.5) is 0 Å². The van der Waals surface area contributed by atoms with E-state index in [2.05, 4.69) is 39.1 Å². The van der Waals surface area contributed by atoms with Crippen LogP contribution in [0.25, 0.3) is 0 Å². The van der Waals surface area contributed by atoms with Gasteiger partial charge in [-0.25, -0.2) is 4.98 Å². The molecule has 0 aliphatic carbocycles. The second-order valence-electron chi connectivity index (χ2n) is 4.12. The first-order valence-electron chi connectivity index (χ1n) is 5.84. The van der Waals surface area contributed by atoms with Crippen molar-refractivity contribution in [1.29, 1.82) is 5.26 Å². The molecule has 18 heavy (non-hydrogen) atoms. The van der Waals surface area contributed by atoms with E-state index in [1.165, 1.54) is 5.56 Å². The molecule has 2 rings (SSSR count). The molecule has 0 N–H and O–H groups in total. The van der Waals surface area contributed by atoms with Crippen LogP contribution in [-0.4, -0.2) is 4.98 Å². The molecule has 0 amide bonds. The van der Waals surface area contributed by atoms with Crippen LogP contribution >= 0.6 is 15.9 Å². The van der Waals surface area contributed by atoms with E-state index in [4.69, 9.17) is 0 Å². The van der Waals surface area contributed by atoms with Crippen LogP contribution in [0, 0.1) is 11.3 Å². The van der Waals surface area contributed by atoms with Crippen LogP contribution < -0.4 is 0 Å². The van der Waals surface area contributed by atoms with Gasteiger partial charge in [0.1, 0.15) is 4.60 Å². The van der Waals surface area contributed by atoms with Gasteiger partial charge in [-0.3, -0.25) is 0 Å². The molecule has 0 saturated carbocycles. The van der Waals surface area contributed by atoms with Crippen molar-refractivity contribution in [2.45, 2.75) is 18.8 Å². The van der Waals surface area contributed by atoms with E-state index in [0.29, 0.717) is 0 Å². The molecule has 2 nitrogen and oxygen atoms in total. The van der Waals surface area contributed by atoms with Gasteiger partial charge in [-0.2, -0.15) is 5.26 Å². The van der Waals surface area contributed by atoms with Crippen LogP contribution in [0.5, 0.6) is 0 Å². The van der Waals surface area contributed by atoms with Crippen molar-refractivity contribution in [3.63, 3.8) is 0 Å². The van der Waals surface area contributed by atoms with E-state index >= 15 is 0 Å². The first-order chi connectivity index (χ1) is 8.79. The van der Waals surface area contributed by atoms with Gasteiger partial charge in [0.25, 0.3) is 0 Å². The summed E-state index contributed by atoms with van der Waals surface area (Å²) in [6.45, 7) is 0. The molecule has 0 bridgehead atoms. The van der Waals surface area contributed by atoms with Gasteiger partial charge in [-0.1, -0.05) is 36.4 Å². The summed E-state index contributed by atoms with van der Waals surface area (Å²) in [6, 6.07) is 16.4. The lowest BCUT2D eigenvalue weighted by Gasteiger charge is -2.09. The fourth-order valence-corrected chi connectivity index (χ4v) is 2.09. The topological polar surface area (TPSA) is 36.7 Å². The van der Waals surface area contributed by atoms with Gasteiger partial charge in [0.2, 0.25) is 0 Å². The minimum absolute atomic E-state index is 0.0918. The highest BCUT2D eigenvalue weighted by Crippen LogP contribution is 2.21. The fourth-order valence-electron chi connectivity index (χ4n) is 1.85. The molecule has 0 aliphatic heterocycles. The number of aromatic nitrogens is 1. The third kappa shape index (κ3) is 3.41. The van der Waals surface area contributed by atoms with Gasteiger partial charge in [0.05, 0.1) is 12.0 Å². The number of hydrogen-bond acceptors (Lipinski definition) is 2. The highest BCUT2D eigenvalue weighted by Gasteiger charge is 2.10. The molecule has 0 fully saturated rings. The summed E-state index contributed by atoms with van der Waals surface area (Å²) in [5, 5.41) is 9.24. The standard InChI is InChI=1S/C15H13BrN2/c16-15-9-8-14(11-18-15)13(10-17)7-6-12-4-2-1-3-5-12/h1-5,8-9,11,13H,6-7H2/t13-/m1/s1. The molecular weight excluding hydrogens is 288 g/mol. The number of nitriles is 1. The number of nitrogens with zero attached hydrogens (tertiary/aromatic N) is 2. The summed E-state index contributed by atoms with van der Waals surface area (Å²) in [7, 11) is 0. The van der Waals surface area contributed by atoms with Gasteiger partial charge >= 0.3 is 0 Å². The van der Waals surface area contributed by atoms with E-state index < -0.39 is 0 Å². The zero-order chi connectivity index (χ0) is 12.8. The molecule has 0 unspecified atom stereocenters. The third-order valence-electron chi connectivity index (χ3n) is 2.87. The minimum Gasteiger partial charge on any atom is -0.249 e.